The van der Waals surface area contributed by atoms with Gasteiger partial charge in [0.2, 0.25) is 11.9 Å². The average Bonchev–Trinajstić information content (AvgIpc) is 2.91. The van der Waals surface area contributed by atoms with Crippen LogP contribution in [0.1, 0.15) is 0 Å². The monoisotopic (exact) mass is 438 g/mol. The van der Waals surface area contributed by atoms with Gasteiger partial charge >= 0.3 is 0 Å². The fraction of sp³-hybridized carbons (Fsp3) is 0. The molecule has 0 fully saturated rings. The molecule has 1 aliphatic heterocycles. The van der Waals surface area contributed by atoms with Crippen molar-refractivity contribution >= 4 is 56.5 Å². The maximum atomic E-state index is 4.90. The maximum Gasteiger partial charge on any atom is 0.235 e. The van der Waals surface area contributed by atoms with E-state index in [1.165, 1.54) is 0 Å². The molecule has 0 saturated heterocycles. The molecule has 6 aromatic rings. The molecule has 3 heterocycles. The number of fused-ring (bicyclic) bond motifs is 4. The van der Waals surface area contributed by atoms with Gasteiger partial charge in [0.15, 0.2) is 0 Å². The van der Waals surface area contributed by atoms with E-state index in [2.05, 4.69) is 34.1 Å². The highest BCUT2D eigenvalue weighted by Crippen LogP contribution is 2.52. The second kappa shape index (κ2) is 7.35. The molecule has 2 aromatic heterocycles. The van der Waals surface area contributed by atoms with Crippen LogP contribution in [0.3, 0.4) is 0 Å². The van der Waals surface area contributed by atoms with E-state index in [-0.39, 0.29) is 0 Å². The van der Waals surface area contributed by atoms with Gasteiger partial charge in [-0.05, 0) is 36.4 Å². The van der Waals surface area contributed by atoms with Crippen molar-refractivity contribution in [3.8, 4) is 0 Å². The molecule has 0 aliphatic carbocycles. The Kier molecular flexibility index (Phi) is 4.04. The molecule has 34 heavy (non-hydrogen) atoms. The molecular formula is C28H18N6. The molecule has 4 aromatic carbocycles. The van der Waals surface area contributed by atoms with Crippen LogP contribution in [0.25, 0.3) is 21.8 Å². The van der Waals surface area contributed by atoms with Gasteiger partial charge in [0.1, 0.15) is 0 Å². The van der Waals surface area contributed by atoms with E-state index < -0.39 is 0 Å². The first kappa shape index (κ1) is 18.7. The minimum absolute atomic E-state index is 0.623. The number of para-hydroxylation sites is 6. The van der Waals surface area contributed by atoms with Crippen LogP contribution >= 0.6 is 0 Å². The summed E-state index contributed by atoms with van der Waals surface area (Å²) in [4.78, 5) is 23.5. The van der Waals surface area contributed by atoms with Gasteiger partial charge in [-0.2, -0.15) is 0 Å². The third-order valence-electron chi connectivity index (χ3n) is 6.08. The van der Waals surface area contributed by atoms with Crippen molar-refractivity contribution in [1.29, 1.82) is 0 Å². The average molecular weight is 438 g/mol. The van der Waals surface area contributed by atoms with Gasteiger partial charge in [-0.3, -0.25) is 9.80 Å². The fourth-order valence-electron chi connectivity index (χ4n) is 4.52. The Hall–Kier alpha value is -4.84. The van der Waals surface area contributed by atoms with Crippen molar-refractivity contribution in [2.24, 2.45) is 0 Å². The Morgan fingerprint density at radius 1 is 0.412 bits per heavy atom. The second-order valence-corrected chi connectivity index (χ2v) is 8.11. The van der Waals surface area contributed by atoms with Crippen LogP contribution in [0.5, 0.6) is 0 Å². The van der Waals surface area contributed by atoms with Gasteiger partial charge in [-0.25, -0.2) is 19.9 Å². The van der Waals surface area contributed by atoms with Crippen LogP contribution in [0.4, 0.5) is 34.6 Å². The molecular weight excluding hydrogens is 420 g/mol. The van der Waals surface area contributed by atoms with Crippen molar-refractivity contribution in [3.63, 3.8) is 0 Å². The number of hydrogen-bond acceptors (Lipinski definition) is 6. The van der Waals surface area contributed by atoms with E-state index in [9.17, 15) is 0 Å². The van der Waals surface area contributed by atoms with Crippen LogP contribution in [-0.4, -0.2) is 19.9 Å². The van der Waals surface area contributed by atoms with E-state index in [1.807, 2.05) is 85.2 Å². The first-order valence-electron chi connectivity index (χ1n) is 11.1. The number of rotatable bonds is 2. The molecule has 0 atom stereocenters. The highest BCUT2D eigenvalue weighted by Gasteiger charge is 2.32. The lowest BCUT2D eigenvalue weighted by Crippen LogP contribution is -2.26. The number of anilines is 6. The standard InChI is InChI=1S/C28H18N6/c1-3-11-21-19(9-1)17-29-27(31-21)33-23-13-5-7-15-25(23)34(26-16-8-6-14-24(26)33)28-30-18-20-10-2-4-12-22(20)32-28/h1-18H. The molecule has 1 aliphatic rings. The summed E-state index contributed by atoms with van der Waals surface area (Å²) >= 11 is 0. The Bertz CT molecular complexity index is 1520. The molecule has 0 radical (unpaired) electrons. The first-order chi connectivity index (χ1) is 16.9. The van der Waals surface area contributed by atoms with Gasteiger partial charge in [-0.1, -0.05) is 60.7 Å². The maximum absolute atomic E-state index is 4.90. The molecule has 0 spiro atoms. The molecule has 6 heteroatoms. The topological polar surface area (TPSA) is 58.0 Å². The predicted molar refractivity (Wildman–Crippen MR) is 136 cm³/mol. The summed E-state index contributed by atoms with van der Waals surface area (Å²) in [7, 11) is 0. The lowest BCUT2D eigenvalue weighted by atomic mass is 10.1. The largest absolute Gasteiger partial charge is 0.275 e. The zero-order chi connectivity index (χ0) is 22.5. The van der Waals surface area contributed by atoms with Crippen molar-refractivity contribution in [3.05, 3.63) is 109 Å². The minimum Gasteiger partial charge on any atom is -0.275 e. The lowest BCUT2D eigenvalue weighted by molar-refractivity contribution is 1.05. The third kappa shape index (κ3) is 2.82. The number of nitrogens with zero attached hydrogens (tertiary/aromatic N) is 6. The smallest absolute Gasteiger partial charge is 0.235 e. The second-order valence-electron chi connectivity index (χ2n) is 8.11. The van der Waals surface area contributed by atoms with Gasteiger partial charge in [0.25, 0.3) is 0 Å². The molecule has 0 saturated carbocycles. The van der Waals surface area contributed by atoms with Gasteiger partial charge in [0, 0.05) is 23.2 Å². The molecule has 160 valence electrons. The van der Waals surface area contributed by atoms with Crippen LogP contribution in [0, 0.1) is 0 Å². The van der Waals surface area contributed by atoms with Gasteiger partial charge < -0.3 is 0 Å². The highest BCUT2D eigenvalue weighted by molar-refractivity contribution is 6.00. The zero-order valence-electron chi connectivity index (χ0n) is 18.1. The highest BCUT2D eigenvalue weighted by atomic mass is 15.4. The number of aromatic nitrogens is 4. The van der Waals surface area contributed by atoms with E-state index in [1.54, 1.807) is 0 Å². The Morgan fingerprint density at radius 2 is 0.765 bits per heavy atom. The summed E-state index contributed by atoms with van der Waals surface area (Å²) in [6.45, 7) is 0. The van der Waals surface area contributed by atoms with Crippen molar-refractivity contribution < 1.29 is 0 Å². The quantitative estimate of drug-likeness (QED) is 0.295. The first-order valence-corrected chi connectivity index (χ1v) is 11.1. The molecule has 0 amide bonds. The zero-order valence-corrected chi connectivity index (χ0v) is 18.1. The van der Waals surface area contributed by atoms with E-state index in [0.29, 0.717) is 11.9 Å². The van der Waals surface area contributed by atoms with Crippen molar-refractivity contribution in [2.45, 2.75) is 0 Å². The van der Waals surface area contributed by atoms with E-state index in [0.717, 1.165) is 44.6 Å². The lowest BCUT2D eigenvalue weighted by Gasteiger charge is -2.38. The van der Waals surface area contributed by atoms with E-state index >= 15 is 0 Å². The summed E-state index contributed by atoms with van der Waals surface area (Å²) in [5.41, 5.74) is 5.67. The molecule has 6 nitrogen and oxygen atoms in total. The van der Waals surface area contributed by atoms with Gasteiger partial charge in [0.05, 0.1) is 33.8 Å². The SMILES string of the molecule is c1ccc2c(c1)N(c1ncc3ccccc3n1)c1ccccc1N2c1ncc2ccccc2n1. The number of hydrogen-bond donors (Lipinski definition) is 0. The third-order valence-corrected chi connectivity index (χ3v) is 6.08. The minimum atomic E-state index is 0.623. The summed E-state index contributed by atoms with van der Waals surface area (Å²) < 4.78 is 0. The summed E-state index contributed by atoms with van der Waals surface area (Å²) in [6.07, 6.45) is 3.75. The summed E-state index contributed by atoms with van der Waals surface area (Å²) in [6, 6.07) is 32.5. The molecule has 0 N–H and O–H groups in total. The summed E-state index contributed by atoms with van der Waals surface area (Å²) in [5.74, 6) is 1.25. The fourth-order valence-corrected chi connectivity index (χ4v) is 4.52. The normalized spacial score (nSPS) is 12.6. The van der Waals surface area contributed by atoms with Crippen LogP contribution in [0.2, 0.25) is 0 Å². The summed E-state index contributed by atoms with van der Waals surface area (Å²) in [5, 5.41) is 2.02. The van der Waals surface area contributed by atoms with Crippen LogP contribution < -0.4 is 9.80 Å². The van der Waals surface area contributed by atoms with Crippen molar-refractivity contribution in [2.75, 3.05) is 9.80 Å². The van der Waals surface area contributed by atoms with Crippen LogP contribution in [-0.2, 0) is 0 Å². The number of benzene rings is 4. The van der Waals surface area contributed by atoms with Crippen LogP contribution in [0.15, 0.2) is 109 Å². The predicted octanol–water partition coefficient (Wildman–Crippen LogP) is 6.83. The van der Waals surface area contributed by atoms with Crippen molar-refractivity contribution in [1.82, 2.24) is 19.9 Å². The Balaban J connectivity index is 1.47. The van der Waals surface area contributed by atoms with Gasteiger partial charge in [-0.15, -0.1) is 0 Å². The Labute approximate surface area is 195 Å². The van der Waals surface area contributed by atoms with E-state index in [4.69, 9.17) is 19.9 Å². The molecule has 0 unspecified atom stereocenters. The molecule has 0 bridgehead atoms. The molecule has 7 rings (SSSR count). The Morgan fingerprint density at radius 3 is 1.18 bits per heavy atom.